The second-order valence-electron chi connectivity index (χ2n) is 7.41. The molecule has 1 aromatic carbocycles. The lowest BCUT2D eigenvalue weighted by Crippen LogP contribution is -2.64. The molecule has 4 N–H and O–H groups in total. The average Bonchev–Trinajstić information content (AvgIpc) is 2.56. The van der Waals surface area contributed by atoms with Crippen LogP contribution in [-0.4, -0.2) is 24.7 Å². The summed E-state index contributed by atoms with van der Waals surface area (Å²) in [5.74, 6) is -1.06. The Kier molecular flexibility index (Phi) is 4.99. The van der Waals surface area contributed by atoms with Gasteiger partial charge < -0.3 is 16.4 Å². The standard InChI is InChI=1S/C18H25F4N3/c19-15-10-13(6-7-14(15)18(20,21)22)25-9-3-4-12(11-25)17(24)8-2-1-5-16(17)23/h6-7,10,12,16H,1-5,8-9,11,23-24H2. The zero-order chi connectivity index (χ0) is 18.2. The van der Waals surface area contributed by atoms with Crippen LogP contribution in [0.5, 0.6) is 0 Å². The highest BCUT2D eigenvalue weighted by atomic mass is 19.4. The van der Waals surface area contributed by atoms with Gasteiger partial charge in [-0.1, -0.05) is 12.8 Å². The van der Waals surface area contributed by atoms with Gasteiger partial charge in [0.15, 0.2) is 0 Å². The van der Waals surface area contributed by atoms with Crippen LogP contribution in [0, 0.1) is 11.7 Å². The molecule has 0 radical (unpaired) electrons. The summed E-state index contributed by atoms with van der Waals surface area (Å²) in [5, 5.41) is 0. The zero-order valence-electron chi connectivity index (χ0n) is 14.2. The van der Waals surface area contributed by atoms with Crippen LogP contribution in [0.1, 0.15) is 44.1 Å². The van der Waals surface area contributed by atoms with Gasteiger partial charge in [-0.3, -0.25) is 0 Å². The SMILES string of the molecule is NC1CCCCC1(N)C1CCCN(c2ccc(C(F)(F)F)c(F)c2)C1. The third-order valence-corrected chi connectivity index (χ3v) is 5.87. The van der Waals surface area contributed by atoms with Gasteiger partial charge in [-0.15, -0.1) is 0 Å². The molecule has 1 heterocycles. The maximum Gasteiger partial charge on any atom is 0.419 e. The van der Waals surface area contributed by atoms with Crippen molar-refractivity contribution in [1.29, 1.82) is 0 Å². The molecule has 3 rings (SSSR count). The van der Waals surface area contributed by atoms with E-state index in [2.05, 4.69) is 0 Å². The molecule has 0 amide bonds. The van der Waals surface area contributed by atoms with Crippen molar-refractivity contribution in [3.8, 4) is 0 Å². The van der Waals surface area contributed by atoms with Crippen LogP contribution in [0.25, 0.3) is 0 Å². The molecular weight excluding hydrogens is 334 g/mol. The Morgan fingerprint density at radius 3 is 2.52 bits per heavy atom. The minimum atomic E-state index is -4.68. The van der Waals surface area contributed by atoms with Crippen LogP contribution in [0.4, 0.5) is 23.2 Å². The number of hydrogen-bond acceptors (Lipinski definition) is 3. The van der Waals surface area contributed by atoms with Crippen LogP contribution in [0.15, 0.2) is 18.2 Å². The van der Waals surface area contributed by atoms with Crippen LogP contribution in [0.3, 0.4) is 0 Å². The van der Waals surface area contributed by atoms with Crippen molar-refractivity contribution in [3.05, 3.63) is 29.6 Å². The first-order valence-corrected chi connectivity index (χ1v) is 8.88. The third-order valence-electron chi connectivity index (χ3n) is 5.87. The third kappa shape index (κ3) is 3.62. The molecule has 0 aromatic heterocycles. The number of rotatable bonds is 2. The molecule has 1 saturated carbocycles. The summed E-state index contributed by atoms with van der Waals surface area (Å²) in [7, 11) is 0. The Balaban J connectivity index is 1.79. The molecular formula is C18H25F4N3. The molecule has 1 aliphatic carbocycles. The van der Waals surface area contributed by atoms with E-state index >= 15 is 0 Å². The molecule has 1 saturated heterocycles. The van der Waals surface area contributed by atoms with Crippen molar-refractivity contribution in [2.45, 2.75) is 56.3 Å². The van der Waals surface area contributed by atoms with Crippen molar-refractivity contribution < 1.29 is 17.6 Å². The number of nitrogens with zero attached hydrogens (tertiary/aromatic N) is 1. The smallest absolute Gasteiger partial charge is 0.371 e. The Bertz CT molecular complexity index is 619. The van der Waals surface area contributed by atoms with Gasteiger partial charge >= 0.3 is 6.18 Å². The molecule has 3 nitrogen and oxygen atoms in total. The van der Waals surface area contributed by atoms with Crippen molar-refractivity contribution in [2.75, 3.05) is 18.0 Å². The van der Waals surface area contributed by atoms with E-state index < -0.39 is 23.1 Å². The molecule has 0 spiro atoms. The average molecular weight is 359 g/mol. The molecule has 3 unspecified atom stereocenters. The Morgan fingerprint density at radius 2 is 1.88 bits per heavy atom. The molecule has 25 heavy (non-hydrogen) atoms. The Hall–Kier alpha value is -1.34. The van der Waals surface area contributed by atoms with Gasteiger partial charge in [0, 0.05) is 30.4 Å². The Morgan fingerprint density at radius 1 is 1.12 bits per heavy atom. The lowest BCUT2D eigenvalue weighted by molar-refractivity contribution is -0.139. The number of halogens is 4. The van der Waals surface area contributed by atoms with Crippen LogP contribution >= 0.6 is 0 Å². The normalized spacial score (nSPS) is 31.2. The minimum Gasteiger partial charge on any atom is -0.371 e. The van der Waals surface area contributed by atoms with Crippen molar-refractivity contribution in [2.24, 2.45) is 17.4 Å². The maximum absolute atomic E-state index is 13.9. The fourth-order valence-electron chi connectivity index (χ4n) is 4.34. The lowest BCUT2D eigenvalue weighted by atomic mass is 9.68. The number of hydrogen-bond donors (Lipinski definition) is 2. The van der Waals surface area contributed by atoms with E-state index in [9.17, 15) is 17.6 Å². The summed E-state index contributed by atoms with van der Waals surface area (Å²) in [6.07, 6.45) is 1.05. The first kappa shape index (κ1) is 18.5. The van der Waals surface area contributed by atoms with E-state index in [-0.39, 0.29) is 12.0 Å². The van der Waals surface area contributed by atoms with Crippen molar-refractivity contribution >= 4 is 5.69 Å². The molecule has 2 aliphatic rings. The van der Waals surface area contributed by atoms with Gasteiger partial charge in [-0.2, -0.15) is 13.2 Å². The highest BCUT2D eigenvalue weighted by molar-refractivity contribution is 5.49. The predicted octanol–water partition coefficient (Wildman–Crippen LogP) is 3.66. The largest absolute Gasteiger partial charge is 0.419 e. The summed E-state index contributed by atoms with van der Waals surface area (Å²) in [4.78, 5) is 1.94. The number of alkyl halides is 3. The summed E-state index contributed by atoms with van der Waals surface area (Å²) >= 11 is 0. The summed E-state index contributed by atoms with van der Waals surface area (Å²) in [6.45, 7) is 1.29. The van der Waals surface area contributed by atoms with E-state index in [1.54, 1.807) is 0 Å². The molecule has 1 aliphatic heterocycles. The van der Waals surface area contributed by atoms with E-state index in [1.165, 1.54) is 6.07 Å². The van der Waals surface area contributed by atoms with E-state index in [0.29, 0.717) is 18.8 Å². The summed E-state index contributed by atoms with van der Waals surface area (Å²) < 4.78 is 52.1. The molecule has 140 valence electrons. The number of anilines is 1. The quantitative estimate of drug-likeness (QED) is 0.793. The molecule has 0 bridgehead atoms. The minimum absolute atomic E-state index is 0.0597. The monoisotopic (exact) mass is 359 g/mol. The van der Waals surface area contributed by atoms with Crippen LogP contribution in [0.2, 0.25) is 0 Å². The fraction of sp³-hybridized carbons (Fsp3) is 0.667. The highest BCUT2D eigenvalue weighted by Crippen LogP contribution is 2.38. The molecule has 1 aromatic rings. The topological polar surface area (TPSA) is 55.3 Å². The van der Waals surface area contributed by atoms with Crippen molar-refractivity contribution in [3.63, 3.8) is 0 Å². The van der Waals surface area contributed by atoms with E-state index in [0.717, 1.165) is 50.7 Å². The van der Waals surface area contributed by atoms with Crippen LogP contribution in [-0.2, 0) is 6.18 Å². The maximum atomic E-state index is 13.9. The van der Waals surface area contributed by atoms with Crippen molar-refractivity contribution in [1.82, 2.24) is 0 Å². The second kappa shape index (κ2) is 6.76. The summed E-state index contributed by atoms with van der Waals surface area (Å²) in [5.41, 5.74) is 11.8. The highest BCUT2D eigenvalue weighted by Gasteiger charge is 2.43. The van der Waals surface area contributed by atoms with Gasteiger partial charge in [0.2, 0.25) is 0 Å². The Labute approximate surface area is 145 Å². The number of benzene rings is 1. The number of nitrogens with two attached hydrogens (primary N) is 2. The van der Waals surface area contributed by atoms with Gasteiger partial charge in [-0.25, -0.2) is 4.39 Å². The van der Waals surface area contributed by atoms with Gasteiger partial charge in [0.1, 0.15) is 5.82 Å². The summed E-state index contributed by atoms with van der Waals surface area (Å²) in [6, 6.07) is 3.09. The van der Waals surface area contributed by atoms with Gasteiger partial charge in [0.25, 0.3) is 0 Å². The van der Waals surface area contributed by atoms with Gasteiger partial charge in [0.05, 0.1) is 5.56 Å². The van der Waals surface area contributed by atoms with E-state index in [1.807, 2.05) is 4.90 Å². The van der Waals surface area contributed by atoms with E-state index in [4.69, 9.17) is 11.5 Å². The number of piperidine rings is 1. The predicted molar refractivity (Wildman–Crippen MR) is 89.7 cm³/mol. The first-order chi connectivity index (χ1) is 11.7. The molecule has 3 atom stereocenters. The molecule has 7 heteroatoms. The molecule has 2 fully saturated rings. The fourth-order valence-corrected chi connectivity index (χ4v) is 4.34. The lowest BCUT2D eigenvalue weighted by Gasteiger charge is -2.49. The van der Waals surface area contributed by atoms with Crippen LogP contribution < -0.4 is 16.4 Å². The van der Waals surface area contributed by atoms with Gasteiger partial charge in [-0.05, 0) is 49.8 Å². The first-order valence-electron chi connectivity index (χ1n) is 8.88. The zero-order valence-corrected chi connectivity index (χ0v) is 14.2. The second-order valence-corrected chi connectivity index (χ2v) is 7.41.